The number of aryl methyl sites for hydroxylation is 1. The number of carbonyl (C=O) groups excluding carboxylic acids is 1. The van der Waals surface area contributed by atoms with Gasteiger partial charge in [0.15, 0.2) is 11.3 Å². The van der Waals surface area contributed by atoms with Crippen LogP contribution in [-0.4, -0.2) is 29.1 Å². The van der Waals surface area contributed by atoms with Crippen LogP contribution in [-0.2, 0) is 0 Å². The molecule has 0 bridgehead atoms. The molecule has 112 valence electrons. The van der Waals surface area contributed by atoms with Gasteiger partial charge in [0.2, 0.25) is 0 Å². The second-order valence-corrected chi connectivity index (χ2v) is 6.36. The first kappa shape index (κ1) is 14.1. The van der Waals surface area contributed by atoms with Gasteiger partial charge in [0.05, 0.1) is 5.39 Å². The van der Waals surface area contributed by atoms with Crippen molar-refractivity contribution in [1.82, 2.24) is 10.1 Å². The van der Waals surface area contributed by atoms with Crippen molar-refractivity contribution >= 4 is 16.9 Å². The van der Waals surface area contributed by atoms with Gasteiger partial charge < -0.3 is 9.42 Å². The first-order valence-corrected chi connectivity index (χ1v) is 7.72. The Morgan fingerprint density at radius 3 is 2.71 bits per heavy atom. The van der Waals surface area contributed by atoms with Crippen molar-refractivity contribution in [2.24, 2.45) is 11.8 Å². The van der Waals surface area contributed by atoms with Gasteiger partial charge in [-0.1, -0.05) is 31.1 Å². The summed E-state index contributed by atoms with van der Waals surface area (Å²) in [5, 5.41) is 4.84. The molecule has 2 heterocycles. The fourth-order valence-corrected chi connectivity index (χ4v) is 3.17. The van der Waals surface area contributed by atoms with Crippen LogP contribution in [0, 0.1) is 18.8 Å². The third-order valence-electron chi connectivity index (χ3n) is 4.67. The molecule has 4 nitrogen and oxygen atoms in total. The van der Waals surface area contributed by atoms with Gasteiger partial charge in [0, 0.05) is 13.1 Å². The Hall–Kier alpha value is -1.84. The summed E-state index contributed by atoms with van der Waals surface area (Å²) in [6, 6.07) is 5.82. The molecule has 0 N–H and O–H groups in total. The number of likely N-dealkylation sites (tertiary alicyclic amines) is 1. The van der Waals surface area contributed by atoms with E-state index in [1.165, 1.54) is 0 Å². The Morgan fingerprint density at radius 1 is 1.33 bits per heavy atom. The molecular formula is C17H22N2O2. The molecule has 1 aliphatic heterocycles. The van der Waals surface area contributed by atoms with Crippen molar-refractivity contribution < 1.29 is 9.32 Å². The Balaban J connectivity index is 1.81. The maximum absolute atomic E-state index is 12.7. The van der Waals surface area contributed by atoms with Gasteiger partial charge in [0.25, 0.3) is 5.91 Å². The van der Waals surface area contributed by atoms with E-state index < -0.39 is 0 Å². The first-order valence-electron chi connectivity index (χ1n) is 7.72. The number of hydrogen-bond donors (Lipinski definition) is 0. The molecule has 2 aromatic rings. The molecule has 0 saturated carbocycles. The molecule has 1 saturated heterocycles. The third kappa shape index (κ3) is 2.55. The first-order chi connectivity index (χ1) is 10.1. The monoisotopic (exact) mass is 286 g/mol. The van der Waals surface area contributed by atoms with Gasteiger partial charge in [-0.05, 0) is 43.2 Å². The number of hydrogen-bond acceptors (Lipinski definition) is 3. The summed E-state index contributed by atoms with van der Waals surface area (Å²) in [6.45, 7) is 8.13. The van der Waals surface area contributed by atoms with Crippen molar-refractivity contribution in [2.45, 2.75) is 33.6 Å². The van der Waals surface area contributed by atoms with Crippen molar-refractivity contribution in [2.75, 3.05) is 13.1 Å². The maximum Gasteiger partial charge on any atom is 0.276 e. The molecule has 21 heavy (non-hydrogen) atoms. The number of para-hydroxylation sites is 1. The molecule has 1 aromatic heterocycles. The number of aromatic nitrogens is 1. The number of nitrogens with zero attached hydrogens (tertiary/aromatic N) is 2. The highest BCUT2D eigenvalue weighted by molar-refractivity contribution is 6.04. The number of carbonyl (C=O) groups is 1. The minimum atomic E-state index is 0.00144. The van der Waals surface area contributed by atoms with Gasteiger partial charge in [-0.25, -0.2) is 0 Å². The number of benzene rings is 1. The number of fused-ring (bicyclic) bond motifs is 1. The summed E-state index contributed by atoms with van der Waals surface area (Å²) < 4.78 is 5.35. The van der Waals surface area contributed by atoms with Crippen molar-refractivity contribution in [1.29, 1.82) is 0 Å². The van der Waals surface area contributed by atoms with Crippen LogP contribution < -0.4 is 0 Å². The van der Waals surface area contributed by atoms with E-state index in [1.807, 2.05) is 30.0 Å². The second-order valence-electron chi connectivity index (χ2n) is 6.36. The van der Waals surface area contributed by atoms with Crippen molar-refractivity contribution in [3.05, 3.63) is 29.5 Å². The molecule has 4 heteroatoms. The van der Waals surface area contributed by atoms with Gasteiger partial charge in [-0.2, -0.15) is 0 Å². The van der Waals surface area contributed by atoms with E-state index in [0.29, 0.717) is 11.6 Å². The Morgan fingerprint density at radius 2 is 2.05 bits per heavy atom. The van der Waals surface area contributed by atoms with Crippen LogP contribution >= 0.6 is 0 Å². The normalized spacial score (nSPS) is 16.9. The molecule has 0 aliphatic carbocycles. The SMILES string of the molecule is Cc1cccc2c(C(=O)N3CCC(C(C)C)CC3)noc12. The highest BCUT2D eigenvalue weighted by atomic mass is 16.5. The van der Waals surface area contributed by atoms with Crippen LogP contribution in [0.4, 0.5) is 0 Å². The minimum Gasteiger partial charge on any atom is -0.355 e. The van der Waals surface area contributed by atoms with Gasteiger partial charge in [-0.15, -0.1) is 0 Å². The smallest absolute Gasteiger partial charge is 0.276 e. The van der Waals surface area contributed by atoms with E-state index in [-0.39, 0.29) is 5.91 Å². The minimum absolute atomic E-state index is 0.00144. The standard InChI is InChI=1S/C17H22N2O2/c1-11(2)13-7-9-19(10-8-13)17(20)15-14-6-4-5-12(3)16(14)21-18-15/h4-6,11,13H,7-10H2,1-3H3. The lowest BCUT2D eigenvalue weighted by atomic mass is 9.86. The predicted octanol–water partition coefficient (Wildman–Crippen LogP) is 3.64. The highest BCUT2D eigenvalue weighted by Gasteiger charge is 2.28. The summed E-state index contributed by atoms with van der Waals surface area (Å²) >= 11 is 0. The van der Waals surface area contributed by atoms with Crippen LogP contribution in [0.1, 0.15) is 42.7 Å². The van der Waals surface area contributed by atoms with E-state index >= 15 is 0 Å². The van der Waals surface area contributed by atoms with Gasteiger partial charge >= 0.3 is 0 Å². The van der Waals surface area contributed by atoms with E-state index in [0.717, 1.165) is 48.4 Å². The zero-order valence-corrected chi connectivity index (χ0v) is 12.9. The number of rotatable bonds is 2. The fourth-order valence-electron chi connectivity index (χ4n) is 3.17. The molecule has 1 amide bonds. The predicted molar refractivity (Wildman–Crippen MR) is 82.2 cm³/mol. The van der Waals surface area contributed by atoms with E-state index in [4.69, 9.17) is 4.52 Å². The van der Waals surface area contributed by atoms with Crippen molar-refractivity contribution in [3.63, 3.8) is 0 Å². The molecule has 1 aromatic carbocycles. The Labute approximate surface area is 125 Å². The van der Waals surface area contributed by atoms with Crippen LogP contribution in [0.3, 0.4) is 0 Å². The topological polar surface area (TPSA) is 46.3 Å². The van der Waals surface area contributed by atoms with Gasteiger partial charge in [0.1, 0.15) is 0 Å². The lowest BCUT2D eigenvalue weighted by molar-refractivity contribution is 0.0659. The van der Waals surface area contributed by atoms with E-state index in [1.54, 1.807) is 0 Å². The molecule has 0 atom stereocenters. The summed E-state index contributed by atoms with van der Waals surface area (Å²) in [5.74, 6) is 1.42. The largest absolute Gasteiger partial charge is 0.355 e. The van der Waals surface area contributed by atoms with Crippen LogP contribution in [0.2, 0.25) is 0 Å². The molecular weight excluding hydrogens is 264 g/mol. The Bertz CT molecular complexity index is 652. The summed E-state index contributed by atoms with van der Waals surface area (Å²) in [5.41, 5.74) is 2.19. The third-order valence-corrected chi connectivity index (χ3v) is 4.67. The van der Waals surface area contributed by atoms with Crippen molar-refractivity contribution in [3.8, 4) is 0 Å². The van der Waals surface area contributed by atoms with Gasteiger partial charge in [-0.3, -0.25) is 4.79 Å². The zero-order chi connectivity index (χ0) is 15.0. The Kier molecular flexibility index (Phi) is 3.70. The number of amides is 1. The van der Waals surface area contributed by atoms with E-state index in [9.17, 15) is 4.79 Å². The summed E-state index contributed by atoms with van der Waals surface area (Å²) in [4.78, 5) is 14.6. The molecule has 0 unspecified atom stereocenters. The lowest BCUT2D eigenvalue weighted by Gasteiger charge is -2.33. The fraction of sp³-hybridized carbons (Fsp3) is 0.529. The average Bonchev–Trinajstić information content (AvgIpc) is 2.92. The quantitative estimate of drug-likeness (QED) is 0.846. The van der Waals surface area contributed by atoms with E-state index in [2.05, 4.69) is 19.0 Å². The summed E-state index contributed by atoms with van der Waals surface area (Å²) in [7, 11) is 0. The zero-order valence-electron chi connectivity index (χ0n) is 12.9. The molecule has 0 spiro atoms. The second kappa shape index (κ2) is 5.51. The average molecular weight is 286 g/mol. The molecule has 0 radical (unpaired) electrons. The highest BCUT2D eigenvalue weighted by Crippen LogP contribution is 2.27. The molecule has 1 fully saturated rings. The molecule has 3 rings (SSSR count). The molecule has 1 aliphatic rings. The lowest BCUT2D eigenvalue weighted by Crippen LogP contribution is -2.39. The maximum atomic E-state index is 12.7. The summed E-state index contributed by atoms with van der Waals surface area (Å²) in [6.07, 6.45) is 2.16. The number of piperidine rings is 1. The van der Waals surface area contributed by atoms with Crippen LogP contribution in [0.25, 0.3) is 11.0 Å². The van der Waals surface area contributed by atoms with Crippen LogP contribution in [0.15, 0.2) is 22.7 Å². The van der Waals surface area contributed by atoms with Crippen LogP contribution in [0.5, 0.6) is 0 Å².